The van der Waals surface area contributed by atoms with Gasteiger partial charge in [-0.05, 0) is 19.1 Å². The van der Waals surface area contributed by atoms with Crippen LogP contribution in [0.1, 0.15) is 13.3 Å². The smallest absolute Gasteiger partial charge is 0.306 e. The summed E-state index contributed by atoms with van der Waals surface area (Å²) in [5.74, 6) is -0.584. The summed E-state index contributed by atoms with van der Waals surface area (Å²) in [6.45, 7) is 1.73. The Hall–Kier alpha value is -2.37. The van der Waals surface area contributed by atoms with Crippen LogP contribution in [0.2, 0.25) is 0 Å². The normalized spacial score (nSPS) is 17.9. The maximum atomic E-state index is 12.3. The van der Waals surface area contributed by atoms with Gasteiger partial charge in [-0.15, -0.1) is 0 Å². The van der Waals surface area contributed by atoms with Crippen LogP contribution in [0, 0.1) is 5.92 Å². The topological polar surface area (TPSA) is 68.2 Å². The lowest BCUT2D eigenvalue weighted by Crippen LogP contribution is -2.29. The number of benzene rings is 1. The van der Waals surface area contributed by atoms with Crippen LogP contribution in [0.4, 0.5) is 5.69 Å². The first-order valence-corrected chi connectivity index (χ1v) is 6.16. The van der Waals surface area contributed by atoms with E-state index >= 15 is 0 Å². The van der Waals surface area contributed by atoms with Crippen molar-refractivity contribution < 1.29 is 19.1 Å². The van der Waals surface area contributed by atoms with Crippen molar-refractivity contribution in [1.82, 2.24) is 0 Å². The van der Waals surface area contributed by atoms with E-state index in [0.29, 0.717) is 17.1 Å². The highest BCUT2D eigenvalue weighted by molar-refractivity contribution is 6.16. The van der Waals surface area contributed by atoms with Crippen LogP contribution in [0.15, 0.2) is 29.4 Å². The fourth-order valence-corrected chi connectivity index (χ4v) is 2.02. The van der Waals surface area contributed by atoms with Gasteiger partial charge in [0.15, 0.2) is 0 Å². The third-order valence-electron chi connectivity index (χ3n) is 3.17. The summed E-state index contributed by atoms with van der Waals surface area (Å²) >= 11 is 0. The van der Waals surface area contributed by atoms with Gasteiger partial charge in [0.25, 0.3) is 5.91 Å². The third-order valence-corrected chi connectivity index (χ3v) is 3.17. The summed E-state index contributed by atoms with van der Waals surface area (Å²) in [6.07, 6.45) is 0.00509. The molecule has 1 atom stereocenters. The average Bonchev–Trinajstić information content (AvgIpc) is 2.75. The van der Waals surface area contributed by atoms with Gasteiger partial charge in [0, 0.05) is 11.8 Å². The summed E-state index contributed by atoms with van der Waals surface area (Å²) in [4.78, 5) is 23.7. The van der Waals surface area contributed by atoms with E-state index in [1.807, 2.05) is 0 Å². The van der Waals surface area contributed by atoms with Gasteiger partial charge in [0.2, 0.25) is 0 Å². The molecule has 1 aliphatic rings. The van der Waals surface area contributed by atoms with Crippen LogP contribution in [0.3, 0.4) is 0 Å². The predicted molar refractivity (Wildman–Crippen MR) is 73.7 cm³/mol. The third kappa shape index (κ3) is 2.64. The second kappa shape index (κ2) is 5.73. The number of esters is 1. The number of carbonyl (C=O) groups is 2. The minimum atomic E-state index is -0.561. The zero-order valence-electron chi connectivity index (χ0n) is 11.6. The molecule has 0 spiro atoms. The number of ether oxygens (including phenoxy) is 2. The zero-order chi connectivity index (χ0) is 14.7. The highest BCUT2D eigenvalue weighted by Gasteiger charge is 2.36. The second-order valence-corrected chi connectivity index (χ2v) is 4.43. The minimum absolute atomic E-state index is 0.00509. The maximum absolute atomic E-state index is 12.3. The molecular formula is C14H16N2O4. The molecule has 0 saturated carbocycles. The van der Waals surface area contributed by atoms with Gasteiger partial charge in [-0.3, -0.25) is 9.59 Å². The largest absolute Gasteiger partial charge is 0.497 e. The van der Waals surface area contributed by atoms with Crippen LogP contribution in [-0.4, -0.2) is 31.8 Å². The van der Waals surface area contributed by atoms with E-state index in [1.54, 1.807) is 38.3 Å². The Morgan fingerprint density at radius 3 is 2.80 bits per heavy atom. The Balaban J connectivity index is 2.23. The van der Waals surface area contributed by atoms with Crippen molar-refractivity contribution in [2.45, 2.75) is 13.3 Å². The molecule has 1 aromatic carbocycles. The van der Waals surface area contributed by atoms with Gasteiger partial charge in [0.1, 0.15) is 5.75 Å². The molecule has 106 valence electrons. The molecule has 0 saturated heterocycles. The van der Waals surface area contributed by atoms with Crippen LogP contribution in [0.25, 0.3) is 0 Å². The second-order valence-electron chi connectivity index (χ2n) is 4.43. The summed E-state index contributed by atoms with van der Waals surface area (Å²) in [5, 5.41) is 5.52. The van der Waals surface area contributed by atoms with E-state index in [9.17, 15) is 9.59 Å². The van der Waals surface area contributed by atoms with E-state index in [1.165, 1.54) is 12.1 Å². The molecule has 1 amide bonds. The lowest BCUT2D eigenvalue weighted by molar-refractivity contribution is -0.142. The van der Waals surface area contributed by atoms with Gasteiger partial charge >= 0.3 is 5.97 Å². The van der Waals surface area contributed by atoms with Crippen molar-refractivity contribution >= 4 is 23.3 Å². The highest BCUT2D eigenvalue weighted by atomic mass is 16.5. The molecule has 1 unspecified atom stereocenters. The number of anilines is 1. The van der Waals surface area contributed by atoms with Crippen molar-refractivity contribution in [3.05, 3.63) is 24.3 Å². The number of hydrogen-bond donors (Lipinski definition) is 0. The number of hydrazone groups is 1. The Bertz CT molecular complexity index is 568. The molecule has 1 heterocycles. The number of methoxy groups -OCH3 is 2. The molecule has 1 aromatic rings. The molecule has 20 heavy (non-hydrogen) atoms. The number of nitrogens with zero attached hydrogens (tertiary/aromatic N) is 2. The van der Waals surface area contributed by atoms with Gasteiger partial charge in [-0.25, -0.2) is 5.01 Å². The summed E-state index contributed by atoms with van der Waals surface area (Å²) in [6, 6.07) is 7.04. The van der Waals surface area contributed by atoms with Crippen molar-refractivity contribution in [2.75, 3.05) is 19.2 Å². The fraction of sp³-hybridized carbons (Fsp3) is 0.357. The van der Waals surface area contributed by atoms with Crippen molar-refractivity contribution in [2.24, 2.45) is 11.0 Å². The summed E-state index contributed by atoms with van der Waals surface area (Å²) in [5.41, 5.74) is 1.21. The number of amides is 1. The monoisotopic (exact) mass is 276 g/mol. The van der Waals surface area contributed by atoms with Crippen LogP contribution in [0.5, 0.6) is 5.75 Å². The van der Waals surface area contributed by atoms with E-state index in [0.717, 1.165) is 0 Å². The number of carbonyl (C=O) groups excluding carboxylic acids is 2. The van der Waals surface area contributed by atoms with Gasteiger partial charge < -0.3 is 9.47 Å². The molecule has 0 radical (unpaired) electrons. The first-order valence-electron chi connectivity index (χ1n) is 6.16. The SMILES string of the molecule is COC(=O)CC1C(=O)N(c2cccc(OC)c2)N=C1C. The Kier molecular flexibility index (Phi) is 4.02. The highest BCUT2D eigenvalue weighted by Crippen LogP contribution is 2.28. The van der Waals surface area contributed by atoms with E-state index < -0.39 is 11.9 Å². The molecule has 1 aliphatic heterocycles. The Morgan fingerprint density at radius 1 is 1.40 bits per heavy atom. The molecule has 0 fully saturated rings. The van der Waals surface area contributed by atoms with E-state index in [2.05, 4.69) is 9.84 Å². The van der Waals surface area contributed by atoms with Crippen LogP contribution >= 0.6 is 0 Å². The number of rotatable bonds is 4. The van der Waals surface area contributed by atoms with E-state index in [4.69, 9.17) is 4.74 Å². The molecule has 0 aromatic heterocycles. The molecule has 2 rings (SSSR count). The van der Waals surface area contributed by atoms with Crippen LogP contribution < -0.4 is 9.75 Å². The lowest BCUT2D eigenvalue weighted by atomic mass is 10.0. The molecular weight excluding hydrogens is 260 g/mol. The van der Waals surface area contributed by atoms with Gasteiger partial charge in [-0.2, -0.15) is 5.10 Å². The van der Waals surface area contributed by atoms with Crippen LogP contribution in [-0.2, 0) is 14.3 Å². The Labute approximate surface area is 117 Å². The molecule has 0 bridgehead atoms. The quantitative estimate of drug-likeness (QED) is 0.783. The number of hydrogen-bond acceptors (Lipinski definition) is 5. The average molecular weight is 276 g/mol. The molecule has 0 N–H and O–H groups in total. The van der Waals surface area contributed by atoms with Crippen molar-refractivity contribution in [3.63, 3.8) is 0 Å². The Morgan fingerprint density at radius 2 is 2.15 bits per heavy atom. The van der Waals surface area contributed by atoms with Crippen molar-refractivity contribution in [3.8, 4) is 5.75 Å². The van der Waals surface area contributed by atoms with Gasteiger partial charge in [-0.1, -0.05) is 6.07 Å². The fourth-order valence-electron chi connectivity index (χ4n) is 2.02. The van der Waals surface area contributed by atoms with Gasteiger partial charge in [0.05, 0.1) is 32.2 Å². The minimum Gasteiger partial charge on any atom is -0.497 e. The van der Waals surface area contributed by atoms with E-state index in [-0.39, 0.29) is 12.3 Å². The summed E-state index contributed by atoms with van der Waals surface area (Å²) < 4.78 is 9.73. The molecule has 6 nitrogen and oxygen atoms in total. The molecule has 6 heteroatoms. The zero-order valence-corrected chi connectivity index (χ0v) is 11.6. The maximum Gasteiger partial charge on any atom is 0.306 e. The predicted octanol–water partition coefficient (Wildman–Crippen LogP) is 1.60. The standard InChI is InChI=1S/C14H16N2O4/c1-9-12(8-13(17)20-3)14(18)16(15-9)10-5-4-6-11(7-10)19-2/h4-7,12H,8H2,1-3H3. The first-order chi connectivity index (χ1) is 9.56. The first kappa shape index (κ1) is 14.0. The lowest BCUT2D eigenvalue weighted by Gasteiger charge is -2.14. The summed E-state index contributed by atoms with van der Waals surface area (Å²) in [7, 11) is 2.85. The molecule has 0 aliphatic carbocycles. The van der Waals surface area contributed by atoms with Crippen molar-refractivity contribution in [1.29, 1.82) is 0 Å².